The molecule has 3 aromatic rings. The second kappa shape index (κ2) is 14.7. The molecule has 2 aromatic carbocycles. The van der Waals surface area contributed by atoms with E-state index in [4.69, 9.17) is 26.1 Å². The highest BCUT2D eigenvalue weighted by Gasteiger charge is 2.11. The van der Waals surface area contributed by atoms with E-state index >= 15 is 0 Å². The number of hydrogen-bond donors (Lipinski definition) is 1. The van der Waals surface area contributed by atoms with Gasteiger partial charge in [-0.2, -0.15) is 0 Å². The lowest BCUT2D eigenvalue weighted by molar-refractivity contribution is 0.0953. The minimum Gasteiger partial charge on any atom is -0.493 e. The third-order valence-corrected chi connectivity index (χ3v) is 6.97. The molecule has 0 saturated heterocycles. The Kier molecular flexibility index (Phi) is 11.4. The van der Waals surface area contributed by atoms with Gasteiger partial charge in [0.2, 0.25) is 0 Å². The number of carbonyl (C=O) groups excluding carboxylic acids is 1. The number of halogens is 1. The Morgan fingerprint density at radius 1 is 1.03 bits per heavy atom. The maximum atomic E-state index is 12.5. The highest BCUT2D eigenvalue weighted by molar-refractivity contribution is 7.98. The zero-order valence-electron chi connectivity index (χ0n) is 21.9. The van der Waals surface area contributed by atoms with Crippen molar-refractivity contribution in [2.75, 3.05) is 39.3 Å². The zero-order valence-corrected chi connectivity index (χ0v) is 23.5. The fraction of sp³-hybridized carbons (Fsp3) is 0.393. The standard InChI is InChI=1S/C28H35ClN4O3S/c1-5-6-7-14-30-27(34)22-10-8-9-21(16-22)19-37-28-31-25(29)18-26(32-28)33(2)15-13-20-11-12-23(35-3)24(17-20)36-4/h8-12,16-18H,5-7,13-15,19H2,1-4H3,(H,30,34). The van der Waals surface area contributed by atoms with E-state index in [2.05, 4.69) is 22.1 Å². The smallest absolute Gasteiger partial charge is 0.251 e. The number of anilines is 1. The van der Waals surface area contributed by atoms with Gasteiger partial charge in [-0.05, 0) is 48.2 Å². The van der Waals surface area contributed by atoms with E-state index < -0.39 is 0 Å². The van der Waals surface area contributed by atoms with Crippen LogP contribution in [0.1, 0.15) is 47.7 Å². The van der Waals surface area contributed by atoms with Crippen LogP contribution in [0.5, 0.6) is 11.5 Å². The van der Waals surface area contributed by atoms with Gasteiger partial charge in [0, 0.05) is 37.5 Å². The van der Waals surface area contributed by atoms with Gasteiger partial charge in [-0.1, -0.05) is 61.3 Å². The Labute approximate surface area is 228 Å². The number of nitrogens with one attached hydrogen (secondary N) is 1. The van der Waals surface area contributed by atoms with Crippen LogP contribution in [0.2, 0.25) is 5.15 Å². The summed E-state index contributed by atoms with van der Waals surface area (Å²) in [7, 11) is 5.24. The van der Waals surface area contributed by atoms with Crippen molar-refractivity contribution in [2.45, 2.75) is 43.5 Å². The highest BCUT2D eigenvalue weighted by Crippen LogP contribution is 2.28. The number of ether oxygens (including phenoxy) is 2. The Bertz CT molecular complexity index is 1180. The van der Waals surface area contributed by atoms with Crippen molar-refractivity contribution < 1.29 is 14.3 Å². The average Bonchev–Trinajstić information content (AvgIpc) is 2.92. The summed E-state index contributed by atoms with van der Waals surface area (Å²) in [5.41, 5.74) is 2.82. The number of thioether (sulfide) groups is 1. The Balaban J connectivity index is 1.59. The number of aromatic nitrogens is 2. The lowest BCUT2D eigenvalue weighted by Gasteiger charge is -2.19. The van der Waals surface area contributed by atoms with Crippen molar-refractivity contribution >= 4 is 35.1 Å². The molecule has 0 bridgehead atoms. The van der Waals surface area contributed by atoms with Gasteiger partial charge in [-0.15, -0.1) is 0 Å². The van der Waals surface area contributed by atoms with Crippen molar-refractivity contribution in [3.63, 3.8) is 0 Å². The molecule has 1 amide bonds. The average molecular weight is 543 g/mol. The van der Waals surface area contributed by atoms with E-state index in [1.54, 1.807) is 20.3 Å². The van der Waals surface area contributed by atoms with Crippen molar-refractivity contribution in [1.29, 1.82) is 0 Å². The van der Waals surface area contributed by atoms with Crippen LogP contribution < -0.4 is 19.7 Å². The monoisotopic (exact) mass is 542 g/mol. The Hall–Kier alpha value is -2.97. The largest absolute Gasteiger partial charge is 0.493 e. The van der Waals surface area contributed by atoms with Crippen LogP contribution in [0.25, 0.3) is 0 Å². The predicted octanol–water partition coefficient (Wildman–Crippen LogP) is 6.04. The number of methoxy groups -OCH3 is 2. The van der Waals surface area contributed by atoms with Crippen LogP contribution in [0.3, 0.4) is 0 Å². The Morgan fingerprint density at radius 2 is 1.84 bits per heavy atom. The van der Waals surface area contributed by atoms with Crippen LogP contribution in [0.4, 0.5) is 5.82 Å². The summed E-state index contributed by atoms with van der Waals surface area (Å²) < 4.78 is 10.7. The van der Waals surface area contributed by atoms with E-state index in [-0.39, 0.29) is 5.91 Å². The van der Waals surface area contributed by atoms with Crippen molar-refractivity contribution in [1.82, 2.24) is 15.3 Å². The number of hydrogen-bond acceptors (Lipinski definition) is 7. The summed E-state index contributed by atoms with van der Waals surface area (Å²) in [5.74, 6) is 2.77. The third-order valence-electron chi connectivity index (χ3n) is 5.86. The molecule has 0 unspecified atom stereocenters. The summed E-state index contributed by atoms with van der Waals surface area (Å²) in [4.78, 5) is 23.6. The van der Waals surface area contributed by atoms with Gasteiger partial charge in [0.1, 0.15) is 11.0 Å². The first-order valence-electron chi connectivity index (χ1n) is 12.4. The van der Waals surface area contributed by atoms with Crippen LogP contribution in [-0.2, 0) is 12.2 Å². The van der Waals surface area contributed by atoms with Crippen LogP contribution in [0.15, 0.2) is 53.7 Å². The van der Waals surface area contributed by atoms with Crippen molar-refractivity contribution in [2.24, 2.45) is 0 Å². The molecule has 0 atom stereocenters. The summed E-state index contributed by atoms with van der Waals surface area (Å²) in [6, 6.07) is 15.4. The lowest BCUT2D eigenvalue weighted by Crippen LogP contribution is -2.24. The van der Waals surface area contributed by atoms with Gasteiger partial charge in [-0.25, -0.2) is 9.97 Å². The number of unbranched alkanes of at least 4 members (excludes halogenated alkanes) is 2. The molecule has 9 heteroatoms. The fourth-order valence-corrected chi connectivity index (χ4v) is 4.75. The molecule has 0 radical (unpaired) electrons. The summed E-state index contributed by atoms with van der Waals surface area (Å²) in [5, 5.41) is 3.98. The van der Waals surface area contributed by atoms with E-state index in [0.29, 0.717) is 39.7 Å². The number of benzene rings is 2. The molecule has 0 saturated carbocycles. The van der Waals surface area contributed by atoms with E-state index in [9.17, 15) is 4.79 Å². The quantitative estimate of drug-likeness (QED) is 0.115. The molecule has 0 aliphatic heterocycles. The topological polar surface area (TPSA) is 76.6 Å². The highest BCUT2D eigenvalue weighted by atomic mass is 35.5. The minimum atomic E-state index is -0.0413. The molecule has 0 aliphatic rings. The molecule has 0 aliphatic carbocycles. The van der Waals surface area contributed by atoms with E-state index in [0.717, 1.165) is 49.2 Å². The maximum Gasteiger partial charge on any atom is 0.251 e. The van der Waals surface area contributed by atoms with Gasteiger partial charge in [-0.3, -0.25) is 4.79 Å². The van der Waals surface area contributed by atoms with Crippen LogP contribution >= 0.6 is 23.4 Å². The Morgan fingerprint density at radius 3 is 2.59 bits per heavy atom. The third kappa shape index (κ3) is 8.83. The van der Waals surface area contributed by atoms with Crippen LogP contribution in [-0.4, -0.2) is 50.2 Å². The predicted molar refractivity (Wildman–Crippen MR) is 151 cm³/mol. The van der Waals surface area contributed by atoms with Gasteiger partial charge in [0.25, 0.3) is 5.91 Å². The molecule has 3 rings (SSSR count). The molecule has 37 heavy (non-hydrogen) atoms. The number of nitrogens with zero attached hydrogens (tertiary/aromatic N) is 3. The van der Waals surface area contributed by atoms with Gasteiger partial charge in [0.05, 0.1) is 14.2 Å². The van der Waals surface area contributed by atoms with E-state index in [1.807, 2.05) is 49.5 Å². The van der Waals surface area contributed by atoms with Gasteiger partial charge >= 0.3 is 0 Å². The second-order valence-corrected chi connectivity index (χ2v) is 9.97. The number of rotatable bonds is 14. The van der Waals surface area contributed by atoms with Gasteiger partial charge < -0.3 is 19.7 Å². The first-order valence-corrected chi connectivity index (χ1v) is 13.8. The first-order chi connectivity index (χ1) is 17.9. The number of amides is 1. The summed E-state index contributed by atoms with van der Waals surface area (Å²) >= 11 is 7.82. The lowest BCUT2D eigenvalue weighted by atomic mass is 10.1. The first kappa shape index (κ1) is 28.6. The maximum absolute atomic E-state index is 12.5. The minimum absolute atomic E-state index is 0.0413. The molecular weight excluding hydrogens is 508 g/mol. The molecule has 198 valence electrons. The summed E-state index contributed by atoms with van der Waals surface area (Å²) in [6.45, 7) is 3.58. The normalized spacial score (nSPS) is 10.7. The van der Waals surface area contributed by atoms with Crippen molar-refractivity contribution in [3.8, 4) is 11.5 Å². The molecule has 1 N–H and O–H groups in total. The molecule has 0 fully saturated rings. The fourth-order valence-electron chi connectivity index (χ4n) is 3.72. The van der Waals surface area contributed by atoms with E-state index in [1.165, 1.54) is 11.8 Å². The molecule has 1 aromatic heterocycles. The summed E-state index contributed by atoms with van der Waals surface area (Å²) in [6.07, 6.45) is 4.04. The number of likely N-dealkylation sites (N-methyl/N-ethyl adjacent to an activating group) is 1. The van der Waals surface area contributed by atoms with Gasteiger partial charge in [0.15, 0.2) is 16.7 Å². The zero-order chi connectivity index (χ0) is 26.6. The second-order valence-electron chi connectivity index (χ2n) is 8.64. The molecule has 1 heterocycles. The molecule has 0 spiro atoms. The van der Waals surface area contributed by atoms with Crippen molar-refractivity contribution in [3.05, 3.63) is 70.4 Å². The van der Waals surface area contributed by atoms with Crippen LogP contribution in [0, 0.1) is 0 Å². The SMILES string of the molecule is CCCCCNC(=O)c1cccc(CSc2nc(Cl)cc(N(C)CCc3ccc(OC)c(OC)c3)n2)c1. The molecular formula is C28H35ClN4O3S. The number of carbonyl (C=O) groups is 1. The molecule has 7 nitrogen and oxygen atoms in total.